The highest BCUT2D eigenvalue weighted by Crippen LogP contribution is 2.15. The van der Waals surface area contributed by atoms with E-state index in [0.29, 0.717) is 17.7 Å². The van der Waals surface area contributed by atoms with E-state index in [-0.39, 0.29) is 5.97 Å². The summed E-state index contributed by atoms with van der Waals surface area (Å²) >= 11 is 1.56. The van der Waals surface area contributed by atoms with Crippen molar-refractivity contribution in [2.45, 2.75) is 18.4 Å². The quantitative estimate of drug-likeness (QED) is 0.340. The lowest BCUT2D eigenvalue weighted by atomic mass is 10.2. The van der Waals surface area contributed by atoms with Crippen LogP contribution in [0.5, 0.6) is 0 Å². The van der Waals surface area contributed by atoms with Crippen molar-refractivity contribution in [2.24, 2.45) is 0 Å². The molecule has 0 spiro atoms. The van der Waals surface area contributed by atoms with Gasteiger partial charge in [-0.15, -0.1) is 11.8 Å². The van der Waals surface area contributed by atoms with E-state index < -0.39 is 0 Å². The Morgan fingerprint density at radius 2 is 2.44 bits per heavy atom. The number of ether oxygens (including phenoxy) is 1. The Morgan fingerprint density at radius 3 is 3.00 bits per heavy atom. The standard InChI is InChI=1S/C11H14N2O2S/c1-3-9(11(14)15-2)5-7-16-10-4-6-12-8-13-10/h4-6,8H,3,7H2,1-2H3. The number of rotatable bonds is 5. The van der Waals surface area contributed by atoms with Crippen LogP contribution >= 0.6 is 11.8 Å². The fraction of sp³-hybridized carbons (Fsp3) is 0.364. The summed E-state index contributed by atoms with van der Waals surface area (Å²) in [6, 6.07) is 1.84. The molecule has 0 bridgehead atoms. The van der Waals surface area contributed by atoms with Gasteiger partial charge in [-0.05, 0) is 12.5 Å². The van der Waals surface area contributed by atoms with E-state index in [0.717, 1.165) is 5.03 Å². The highest BCUT2D eigenvalue weighted by Gasteiger charge is 2.05. The number of carbonyl (C=O) groups is 1. The average molecular weight is 238 g/mol. The van der Waals surface area contributed by atoms with Gasteiger partial charge in [0.25, 0.3) is 0 Å². The summed E-state index contributed by atoms with van der Waals surface area (Å²) in [6.45, 7) is 1.93. The number of nitrogens with zero attached hydrogens (tertiary/aromatic N) is 2. The lowest BCUT2D eigenvalue weighted by Gasteiger charge is -2.01. The molecule has 0 atom stereocenters. The second-order valence-electron chi connectivity index (χ2n) is 2.93. The average Bonchev–Trinajstić information content (AvgIpc) is 2.35. The maximum Gasteiger partial charge on any atom is 0.333 e. The van der Waals surface area contributed by atoms with Gasteiger partial charge in [0, 0.05) is 17.5 Å². The summed E-state index contributed by atoms with van der Waals surface area (Å²) in [4.78, 5) is 19.2. The lowest BCUT2D eigenvalue weighted by molar-refractivity contribution is -0.136. The molecule has 86 valence electrons. The van der Waals surface area contributed by atoms with Gasteiger partial charge in [-0.25, -0.2) is 14.8 Å². The van der Waals surface area contributed by atoms with Gasteiger partial charge < -0.3 is 4.74 Å². The Balaban J connectivity index is 2.49. The molecule has 1 aromatic rings. The third-order valence-electron chi connectivity index (χ3n) is 1.94. The zero-order valence-corrected chi connectivity index (χ0v) is 10.2. The van der Waals surface area contributed by atoms with Gasteiger partial charge in [-0.3, -0.25) is 0 Å². The molecule has 0 unspecified atom stereocenters. The molecule has 4 nitrogen and oxygen atoms in total. The first-order valence-electron chi connectivity index (χ1n) is 4.94. The maximum atomic E-state index is 11.3. The van der Waals surface area contributed by atoms with Crippen molar-refractivity contribution in [3.63, 3.8) is 0 Å². The molecule has 0 radical (unpaired) electrons. The van der Waals surface area contributed by atoms with Crippen LogP contribution in [0.1, 0.15) is 13.3 Å². The second-order valence-corrected chi connectivity index (χ2v) is 3.97. The van der Waals surface area contributed by atoms with Crippen molar-refractivity contribution in [1.29, 1.82) is 0 Å². The molecule has 1 heterocycles. The number of carbonyl (C=O) groups excluding carboxylic acids is 1. The first kappa shape index (κ1) is 12.7. The summed E-state index contributed by atoms with van der Waals surface area (Å²) in [5.41, 5.74) is 0.698. The second kappa shape index (κ2) is 7.00. The van der Waals surface area contributed by atoms with Crippen LogP contribution in [0.2, 0.25) is 0 Å². The molecular weight excluding hydrogens is 224 g/mol. The van der Waals surface area contributed by atoms with E-state index in [1.165, 1.54) is 13.4 Å². The van der Waals surface area contributed by atoms with Crippen molar-refractivity contribution in [2.75, 3.05) is 12.9 Å². The maximum absolute atomic E-state index is 11.3. The smallest absolute Gasteiger partial charge is 0.333 e. The van der Waals surface area contributed by atoms with Gasteiger partial charge in [-0.2, -0.15) is 0 Å². The minimum absolute atomic E-state index is 0.259. The number of methoxy groups -OCH3 is 1. The van der Waals surface area contributed by atoms with Gasteiger partial charge in [0.1, 0.15) is 6.33 Å². The minimum atomic E-state index is -0.259. The molecule has 0 fully saturated rings. The number of hydrogen-bond acceptors (Lipinski definition) is 5. The topological polar surface area (TPSA) is 52.1 Å². The molecular formula is C11H14N2O2S. The Labute approximate surface area is 99.1 Å². The molecule has 5 heteroatoms. The van der Waals surface area contributed by atoms with Crippen LogP contribution in [0.15, 0.2) is 35.3 Å². The molecule has 1 rings (SSSR count). The number of thioether (sulfide) groups is 1. The first-order chi connectivity index (χ1) is 7.77. The minimum Gasteiger partial charge on any atom is -0.466 e. The van der Waals surface area contributed by atoms with E-state index in [9.17, 15) is 4.79 Å². The Hall–Kier alpha value is -1.36. The van der Waals surface area contributed by atoms with Crippen molar-refractivity contribution in [3.05, 3.63) is 30.2 Å². The van der Waals surface area contributed by atoms with E-state index >= 15 is 0 Å². The largest absolute Gasteiger partial charge is 0.466 e. The predicted octanol–water partition coefficient (Wildman–Crippen LogP) is 2.08. The number of hydrogen-bond donors (Lipinski definition) is 0. The monoisotopic (exact) mass is 238 g/mol. The van der Waals surface area contributed by atoms with Crippen LogP contribution in [-0.4, -0.2) is 28.8 Å². The summed E-state index contributed by atoms with van der Waals surface area (Å²) in [5.74, 6) is 0.445. The summed E-state index contributed by atoms with van der Waals surface area (Å²) in [5, 5.41) is 0.895. The highest BCUT2D eigenvalue weighted by molar-refractivity contribution is 7.99. The molecule has 0 aliphatic heterocycles. The highest BCUT2D eigenvalue weighted by atomic mass is 32.2. The summed E-state index contributed by atoms with van der Waals surface area (Å²) in [6.07, 6.45) is 5.75. The first-order valence-corrected chi connectivity index (χ1v) is 5.92. The molecule has 0 amide bonds. The molecule has 0 saturated carbocycles. The lowest BCUT2D eigenvalue weighted by Crippen LogP contribution is -2.04. The van der Waals surface area contributed by atoms with Crippen LogP contribution in [-0.2, 0) is 9.53 Å². The summed E-state index contributed by atoms with van der Waals surface area (Å²) < 4.78 is 4.66. The van der Waals surface area contributed by atoms with Crippen LogP contribution in [0.25, 0.3) is 0 Å². The molecule has 0 aliphatic rings. The molecule has 0 aliphatic carbocycles. The van der Waals surface area contributed by atoms with E-state index in [2.05, 4.69) is 14.7 Å². The summed E-state index contributed by atoms with van der Waals surface area (Å²) in [7, 11) is 1.39. The van der Waals surface area contributed by atoms with Crippen LogP contribution in [0.4, 0.5) is 0 Å². The molecule has 0 aromatic carbocycles. The third kappa shape index (κ3) is 4.02. The van der Waals surface area contributed by atoms with Crippen LogP contribution in [0, 0.1) is 0 Å². The number of aromatic nitrogens is 2. The third-order valence-corrected chi connectivity index (χ3v) is 2.81. The van der Waals surface area contributed by atoms with Crippen molar-refractivity contribution >= 4 is 17.7 Å². The fourth-order valence-electron chi connectivity index (χ4n) is 1.09. The van der Waals surface area contributed by atoms with Gasteiger partial charge >= 0.3 is 5.97 Å². The van der Waals surface area contributed by atoms with Crippen molar-refractivity contribution in [1.82, 2.24) is 9.97 Å². The van der Waals surface area contributed by atoms with E-state index in [1.807, 2.05) is 19.1 Å². The predicted molar refractivity (Wildman–Crippen MR) is 63.1 cm³/mol. The molecule has 16 heavy (non-hydrogen) atoms. The van der Waals surface area contributed by atoms with Crippen LogP contribution in [0.3, 0.4) is 0 Å². The van der Waals surface area contributed by atoms with E-state index in [4.69, 9.17) is 0 Å². The van der Waals surface area contributed by atoms with Crippen molar-refractivity contribution in [3.8, 4) is 0 Å². The zero-order chi connectivity index (χ0) is 11.8. The van der Waals surface area contributed by atoms with Gasteiger partial charge in [0.15, 0.2) is 0 Å². The fourth-order valence-corrected chi connectivity index (χ4v) is 1.83. The molecule has 0 N–H and O–H groups in total. The van der Waals surface area contributed by atoms with Gasteiger partial charge in [0.2, 0.25) is 0 Å². The molecule has 0 saturated heterocycles. The Bertz CT molecular complexity index is 366. The van der Waals surface area contributed by atoms with Gasteiger partial charge in [0.05, 0.1) is 12.1 Å². The normalized spacial score (nSPS) is 11.2. The van der Waals surface area contributed by atoms with Crippen LogP contribution < -0.4 is 0 Å². The van der Waals surface area contributed by atoms with E-state index in [1.54, 1.807) is 18.0 Å². The number of esters is 1. The Kier molecular flexibility index (Phi) is 5.56. The van der Waals surface area contributed by atoms with Gasteiger partial charge in [-0.1, -0.05) is 13.0 Å². The SMILES string of the molecule is CCC(=CCSc1ccncn1)C(=O)OC. The van der Waals surface area contributed by atoms with Crippen molar-refractivity contribution < 1.29 is 9.53 Å². The Morgan fingerprint density at radius 1 is 1.62 bits per heavy atom. The zero-order valence-electron chi connectivity index (χ0n) is 9.34. The molecule has 1 aromatic heterocycles.